The summed E-state index contributed by atoms with van der Waals surface area (Å²) in [5.74, 6) is 1.64. The van der Waals surface area contributed by atoms with E-state index in [0.717, 1.165) is 11.1 Å². The number of methoxy groups -OCH3 is 1. The molecule has 3 rings (SSSR count). The molecule has 2 amide bonds. The molecule has 9 nitrogen and oxygen atoms in total. The molecule has 0 aliphatic carbocycles. The van der Waals surface area contributed by atoms with Crippen LogP contribution in [0.2, 0.25) is 0 Å². The fraction of sp³-hybridized carbons (Fsp3) is 0.143. The second-order valence-electron chi connectivity index (χ2n) is 6.20. The Kier molecular flexibility index (Phi) is 6.63. The summed E-state index contributed by atoms with van der Waals surface area (Å²) in [5.41, 5.74) is 2.81. The molecular formula is C21H20N6O3. The number of nitrogens with zero attached hydrogens (tertiary/aromatic N) is 3. The molecular weight excluding hydrogens is 384 g/mol. The number of nitrogens with one attached hydrogen (secondary N) is 3. The van der Waals surface area contributed by atoms with Gasteiger partial charge in [0.15, 0.2) is 18.3 Å². The molecule has 0 radical (unpaired) electrons. The number of oxazole rings is 1. The third-order valence-corrected chi connectivity index (χ3v) is 4.08. The average Bonchev–Trinajstić information content (AvgIpc) is 3.27. The zero-order valence-electron chi connectivity index (χ0n) is 16.5. The highest BCUT2D eigenvalue weighted by atomic mass is 16.5. The maximum absolute atomic E-state index is 12.4. The Morgan fingerprint density at radius 1 is 1.23 bits per heavy atom. The Morgan fingerprint density at radius 3 is 2.73 bits per heavy atom. The Morgan fingerprint density at radius 2 is 2.03 bits per heavy atom. The van der Waals surface area contributed by atoms with Crippen molar-refractivity contribution in [3.05, 3.63) is 60.6 Å². The van der Waals surface area contributed by atoms with Crippen LogP contribution in [0.3, 0.4) is 0 Å². The predicted molar refractivity (Wildman–Crippen MR) is 113 cm³/mol. The molecule has 0 saturated carbocycles. The van der Waals surface area contributed by atoms with Gasteiger partial charge in [-0.1, -0.05) is 12.1 Å². The molecule has 1 aromatic heterocycles. The standard InChI is InChI=1S/C21H20N6O3/c1-14(25-12-22)24-10-15-4-3-5-16(8-15)26-21(28)27-17-6-7-18(19(9-17)29-2)20-11-23-13-30-20/h3-9,11,13H,10H2,1-2H3,(H,24,25)(H2,26,27,28). The molecule has 30 heavy (non-hydrogen) atoms. The van der Waals surface area contributed by atoms with Gasteiger partial charge in [0, 0.05) is 17.4 Å². The molecule has 1 heterocycles. The number of urea groups is 1. The van der Waals surface area contributed by atoms with Gasteiger partial charge in [0.05, 0.1) is 25.4 Å². The van der Waals surface area contributed by atoms with Crippen molar-refractivity contribution in [1.29, 1.82) is 5.26 Å². The third kappa shape index (κ3) is 5.36. The van der Waals surface area contributed by atoms with Crippen molar-refractivity contribution in [2.45, 2.75) is 13.5 Å². The largest absolute Gasteiger partial charge is 0.496 e. The number of rotatable bonds is 6. The van der Waals surface area contributed by atoms with Crippen molar-refractivity contribution in [2.75, 3.05) is 17.7 Å². The van der Waals surface area contributed by atoms with Crippen LogP contribution in [0.15, 0.2) is 64.5 Å². The maximum Gasteiger partial charge on any atom is 0.323 e. The van der Waals surface area contributed by atoms with Gasteiger partial charge in [0.1, 0.15) is 11.6 Å². The first kappa shape index (κ1) is 20.4. The monoisotopic (exact) mass is 404 g/mol. The minimum absolute atomic E-state index is 0.387. The fourth-order valence-electron chi connectivity index (χ4n) is 2.69. The molecule has 3 N–H and O–H groups in total. The van der Waals surface area contributed by atoms with Gasteiger partial charge in [-0.15, -0.1) is 0 Å². The van der Waals surface area contributed by atoms with Gasteiger partial charge in [0.25, 0.3) is 0 Å². The normalized spacial score (nSPS) is 10.8. The molecule has 2 aromatic carbocycles. The minimum Gasteiger partial charge on any atom is -0.496 e. The molecule has 0 spiro atoms. The number of benzene rings is 2. The predicted octanol–water partition coefficient (Wildman–Crippen LogP) is 3.98. The van der Waals surface area contributed by atoms with Crippen LogP contribution in [0.4, 0.5) is 16.2 Å². The first-order chi connectivity index (χ1) is 14.6. The Hall–Kier alpha value is -4.32. The molecule has 3 aromatic rings. The van der Waals surface area contributed by atoms with E-state index in [9.17, 15) is 4.79 Å². The first-order valence-electron chi connectivity index (χ1n) is 8.99. The summed E-state index contributed by atoms with van der Waals surface area (Å²) in [5, 5.41) is 16.6. The van der Waals surface area contributed by atoms with Crippen LogP contribution in [0, 0.1) is 11.5 Å². The van der Waals surface area contributed by atoms with E-state index >= 15 is 0 Å². The zero-order chi connectivity index (χ0) is 21.3. The lowest BCUT2D eigenvalue weighted by Gasteiger charge is -2.11. The smallest absolute Gasteiger partial charge is 0.323 e. The van der Waals surface area contributed by atoms with Crippen LogP contribution in [0.25, 0.3) is 11.3 Å². The number of aliphatic imine (C=N–C) groups is 1. The van der Waals surface area contributed by atoms with E-state index in [0.29, 0.717) is 35.3 Å². The number of amides is 2. The lowest BCUT2D eigenvalue weighted by atomic mass is 10.1. The fourth-order valence-corrected chi connectivity index (χ4v) is 2.69. The van der Waals surface area contributed by atoms with Crippen LogP contribution in [0.5, 0.6) is 5.75 Å². The van der Waals surface area contributed by atoms with E-state index in [1.807, 2.05) is 24.4 Å². The van der Waals surface area contributed by atoms with Crippen molar-refractivity contribution in [2.24, 2.45) is 4.99 Å². The SMILES string of the molecule is COc1cc(NC(=O)Nc2cccc(CN=C(C)NC#N)c2)ccc1-c1cnco1. The highest BCUT2D eigenvalue weighted by Gasteiger charge is 2.11. The molecule has 0 saturated heterocycles. The third-order valence-electron chi connectivity index (χ3n) is 4.08. The van der Waals surface area contributed by atoms with Crippen LogP contribution in [-0.2, 0) is 6.54 Å². The molecule has 0 fully saturated rings. The number of hydrogen-bond donors (Lipinski definition) is 3. The Balaban J connectivity index is 1.65. The summed E-state index contributed by atoms with van der Waals surface area (Å²) in [7, 11) is 1.54. The molecule has 0 aliphatic heterocycles. The molecule has 152 valence electrons. The number of carbonyl (C=O) groups is 1. The van der Waals surface area contributed by atoms with Gasteiger partial charge in [-0.25, -0.2) is 9.78 Å². The van der Waals surface area contributed by atoms with Gasteiger partial charge in [0.2, 0.25) is 0 Å². The van der Waals surface area contributed by atoms with E-state index in [1.165, 1.54) is 6.39 Å². The lowest BCUT2D eigenvalue weighted by Crippen LogP contribution is -2.19. The van der Waals surface area contributed by atoms with E-state index in [4.69, 9.17) is 14.4 Å². The second kappa shape index (κ2) is 9.75. The number of aromatic nitrogens is 1. The molecule has 9 heteroatoms. The molecule has 0 unspecified atom stereocenters. The second-order valence-corrected chi connectivity index (χ2v) is 6.20. The molecule has 0 aliphatic rings. The maximum atomic E-state index is 12.4. The van der Waals surface area contributed by atoms with E-state index in [1.54, 1.807) is 44.5 Å². The van der Waals surface area contributed by atoms with Gasteiger partial charge in [-0.2, -0.15) is 5.26 Å². The zero-order valence-corrected chi connectivity index (χ0v) is 16.5. The Labute approximate surface area is 173 Å². The number of nitriles is 1. The van der Waals surface area contributed by atoms with Crippen LogP contribution >= 0.6 is 0 Å². The van der Waals surface area contributed by atoms with Crippen molar-refractivity contribution in [1.82, 2.24) is 10.3 Å². The van der Waals surface area contributed by atoms with Gasteiger partial charge in [-0.3, -0.25) is 10.3 Å². The minimum atomic E-state index is -0.396. The lowest BCUT2D eigenvalue weighted by molar-refractivity contribution is 0.262. The van der Waals surface area contributed by atoms with Gasteiger partial charge >= 0.3 is 6.03 Å². The average molecular weight is 404 g/mol. The number of amidine groups is 1. The highest BCUT2D eigenvalue weighted by Crippen LogP contribution is 2.32. The summed E-state index contributed by atoms with van der Waals surface area (Å²) in [6.45, 7) is 2.10. The number of hydrogen-bond acceptors (Lipinski definition) is 6. The first-order valence-corrected chi connectivity index (χ1v) is 8.99. The molecule has 0 atom stereocenters. The van der Waals surface area contributed by atoms with E-state index in [-0.39, 0.29) is 0 Å². The summed E-state index contributed by atoms with van der Waals surface area (Å²) >= 11 is 0. The summed E-state index contributed by atoms with van der Waals surface area (Å²) in [4.78, 5) is 20.5. The Bertz CT molecular complexity index is 1090. The van der Waals surface area contributed by atoms with Crippen LogP contribution in [-0.4, -0.2) is 24.0 Å². The van der Waals surface area contributed by atoms with Gasteiger partial charge in [-0.05, 0) is 36.8 Å². The number of carbonyl (C=O) groups excluding carboxylic acids is 1. The van der Waals surface area contributed by atoms with Gasteiger partial charge < -0.3 is 19.8 Å². The van der Waals surface area contributed by atoms with Crippen molar-refractivity contribution < 1.29 is 13.9 Å². The van der Waals surface area contributed by atoms with Crippen molar-refractivity contribution in [3.8, 4) is 23.3 Å². The summed E-state index contributed by atoms with van der Waals surface area (Å²) in [6.07, 6.45) is 4.75. The number of anilines is 2. The number of ether oxygens (including phenoxy) is 1. The van der Waals surface area contributed by atoms with Crippen molar-refractivity contribution >= 4 is 23.2 Å². The van der Waals surface area contributed by atoms with E-state index < -0.39 is 6.03 Å². The van der Waals surface area contributed by atoms with E-state index in [2.05, 4.69) is 25.9 Å². The highest BCUT2D eigenvalue weighted by molar-refractivity contribution is 6.00. The quantitative estimate of drug-likeness (QED) is 0.247. The topological polar surface area (TPSA) is 125 Å². The summed E-state index contributed by atoms with van der Waals surface area (Å²) in [6, 6.07) is 12.1. The summed E-state index contributed by atoms with van der Waals surface area (Å²) < 4.78 is 10.7. The molecule has 0 bridgehead atoms. The van der Waals surface area contributed by atoms with Crippen LogP contribution in [0.1, 0.15) is 12.5 Å². The van der Waals surface area contributed by atoms with Crippen molar-refractivity contribution in [3.63, 3.8) is 0 Å². The van der Waals surface area contributed by atoms with Crippen LogP contribution < -0.4 is 20.7 Å².